The van der Waals surface area contributed by atoms with Gasteiger partial charge in [-0.15, -0.1) is 0 Å². The molecule has 31 heavy (non-hydrogen) atoms. The topological polar surface area (TPSA) is 79.3 Å². The third-order valence-electron chi connectivity index (χ3n) is 5.23. The van der Waals surface area contributed by atoms with Gasteiger partial charge in [0.25, 0.3) is 11.7 Å². The van der Waals surface area contributed by atoms with E-state index in [0.717, 1.165) is 5.69 Å². The summed E-state index contributed by atoms with van der Waals surface area (Å²) in [6.07, 6.45) is 0. The van der Waals surface area contributed by atoms with Crippen molar-refractivity contribution < 1.29 is 24.2 Å². The van der Waals surface area contributed by atoms with Gasteiger partial charge in [-0.1, -0.05) is 23.7 Å². The standard InChI is InChI=1S/C23H25ClN2O5/c1-25(2)16-8-5-14(6-9-16)20-19(22(28)23(29)26(20)11-12-30-3)21(27)15-7-10-18(31-4)17(24)13-15/h5-10,13,20,27H,11-12H2,1-4H3/b21-19-. The molecule has 0 aliphatic carbocycles. The molecule has 164 valence electrons. The molecular formula is C23H25ClN2O5. The molecule has 0 radical (unpaired) electrons. The molecule has 1 unspecified atom stereocenters. The van der Waals surface area contributed by atoms with Gasteiger partial charge in [-0.05, 0) is 35.9 Å². The first-order chi connectivity index (χ1) is 14.8. The summed E-state index contributed by atoms with van der Waals surface area (Å²) >= 11 is 6.20. The summed E-state index contributed by atoms with van der Waals surface area (Å²) in [7, 11) is 6.86. The molecule has 1 atom stereocenters. The van der Waals surface area contributed by atoms with Crippen LogP contribution < -0.4 is 9.64 Å². The van der Waals surface area contributed by atoms with Crippen LogP contribution in [0.15, 0.2) is 48.0 Å². The summed E-state index contributed by atoms with van der Waals surface area (Å²) in [5.74, 6) is -1.28. The van der Waals surface area contributed by atoms with Crippen LogP contribution in [0.5, 0.6) is 5.75 Å². The average molecular weight is 445 g/mol. The molecule has 1 aliphatic heterocycles. The van der Waals surface area contributed by atoms with Crippen molar-refractivity contribution in [2.24, 2.45) is 0 Å². The molecule has 2 aromatic carbocycles. The first kappa shape index (κ1) is 22.7. The van der Waals surface area contributed by atoms with E-state index in [1.54, 1.807) is 12.1 Å². The number of likely N-dealkylation sites (tertiary alicyclic amines) is 1. The maximum absolute atomic E-state index is 12.9. The number of carbonyl (C=O) groups excluding carboxylic acids is 2. The molecule has 7 nitrogen and oxygen atoms in total. The zero-order valence-corrected chi connectivity index (χ0v) is 18.6. The number of Topliss-reactive ketones (excluding diaryl/α,β-unsaturated/α-hetero) is 1. The lowest BCUT2D eigenvalue weighted by Crippen LogP contribution is -2.32. The molecule has 1 saturated heterocycles. The number of methoxy groups -OCH3 is 2. The highest BCUT2D eigenvalue weighted by Gasteiger charge is 2.45. The number of hydrogen-bond acceptors (Lipinski definition) is 6. The van der Waals surface area contributed by atoms with E-state index in [-0.39, 0.29) is 29.5 Å². The van der Waals surface area contributed by atoms with E-state index >= 15 is 0 Å². The Hall–Kier alpha value is -3.03. The predicted octanol–water partition coefficient (Wildman–Crippen LogP) is 3.48. The number of hydrogen-bond donors (Lipinski definition) is 1. The van der Waals surface area contributed by atoms with Gasteiger partial charge in [0.2, 0.25) is 0 Å². The number of aliphatic hydroxyl groups excluding tert-OH is 1. The number of ether oxygens (including phenoxy) is 2. The molecule has 1 N–H and O–H groups in total. The van der Waals surface area contributed by atoms with Gasteiger partial charge in [0.15, 0.2) is 0 Å². The van der Waals surface area contributed by atoms with Crippen molar-refractivity contribution >= 4 is 34.7 Å². The summed E-state index contributed by atoms with van der Waals surface area (Å²) in [4.78, 5) is 29.1. The van der Waals surface area contributed by atoms with Crippen molar-refractivity contribution in [3.8, 4) is 5.75 Å². The monoisotopic (exact) mass is 444 g/mol. The Labute approximate surface area is 186 Å². The van der Waals surface area contributed by atoms with Crippen molar-refractivity contribution in [1.82, 2.24) is 4.90 Å². The smallest absolute Gasteiger partial charge is 0.295 e. The van der Waals surface area contributed by atoms with Gasteiger partial charge in [0.05, 0.1) is 30.4 Å². The van der Waals surface area contributed by atoms with Gasteiger partial charge in [0.1, 0.15) is 11.5 Å². The molecule has 1 aliphatic rings. The minimum atomic E-state index is -0.748. The maximum atomic E-state index is 12.9. The van der Waals surface area contributed by atoms with Gasteiger partial charge >= 0.3 is 0 Å². The van der Waals surface area contributed by atoms with E-state index in [2.05, 4.69) is 0 Å². The Balaban J connectivity index is 2.14. The quantitative estimate of drug-likeness (QED) is 0.400. The lowest BCUT2D eigenvalue weighted by molar-refractivity contribution is -0.140. The van der Waals surface area contributed by atoms with E-state index in [0.29, 0.717) is 16.9 Å². The van der Waals surface area contributed by atoms with Gasteiger partial charge in [-0.25, -0.2) is 0 Å². The summed E-state index contributed by atoms with van der Waals surface area (Å²) in [6, 6.07) is 11.4. The Morgan fingerprint density at radius 2 is 1.81 bits per heavy atom. The highest BCUT2D eigenvalue weighted by molar-refractivity contribution is 6.46. The number of benzene rings is 2. The molecule has 0 aromatic heterocycles. The highest BCUT2D eigenvalue weighted by atomic mass is 35.5. The first-order valence-electron chi connectivity index (χ1n) is 9.68. The SMILES string of the molecule is COCCN1C(=O)C(=O)/C(=C(\O)c2ccc(OC)c(Cl)c2)C1c1ccc(N(C)C)cc1. The van der Waals surface area contributed by atoms with Crippen LogP contribution in [0.25, 0.3) is 5.76 Å². The molecule has 0 bridgehead atoms. The predicted molar refractivity (Wildman–Crippen MR) is 120 cm³/mol. The molecule has 1 fully saturated rings. The lowest BCUT2D eigenvalue weighted by Gasteiger charge is -2.25. The van der Waals surface area contributed by atoms with Crippen LogP contribution in [-0.4, -0.2) is 63.2 Å². The number of aliphatic hydroxyl groups is 1. The fraction of sp³-hybridized carbons (Fsp3) is 0.304. The van der Waals surface area contributed by atoms with Gasteiger partial charge in [-0.2, -0.15) is 0 Å². The van der Waals surface area contributed by atoms with Crippen LogP contribution in [0.2, 0.25) is 5.02 Å². The number of anilines is 1. The number of halogens is 1. The summed E-state index contributed by atoms with van der Waals surface area (Å²) in [5.41, 5.74) is 2.02. The largest absolute Gasteiger partial charge is 0.507 e. The Kier molecular flexibility index (Phi) is 6.87. The fourth-order valence-corrected chi connectivity index (χ4v) is 3.83. The Morgan fingerprint density at radius 3 is 2.35 bits per heavy atom. The molecule has 0 saturated carbocycles. The van der Waals surface area contributed by atoms with Crippen LogP contribution in [0.3, 0.4) is 0 Å². The van der Waals surface area contributed by atoms with E-state index < -0.39 is 17.7 Å². The second-order valence-electron chi connectivity index (χ2n) is 7.32. The molecule has 3 rings (SSSR count). The molecule has 0 spiro atoms. The Bertz CT molecular complexity index is 1020. The third-order valence-corrected chi connectivity index (χ3v) is 5.52. The number of ketones is 1. The number of amides is 1. The van der Waals surface area contributed by atoms with Gasteiger partial charge in [-0.3, -0.25) is 9.59 Å². The number of carbonyl (C=O) groups is 2. The van der Waals surface area contributed by atoms with Crippen LogP contribution >= 0.6 is 11.6 Å². The van der Waals surface area contributed by atoms with Gasteiger partial charge in [0, 0.05) is 39.0 Å². The summed E-state index contributed by atoms with van der Waals surface area (Å²) in [6.45, 7) is 0.467. The number of nitrogens with zero attached hydrogens (tertiary/aromatic N) is 2. The van der Waals surface area contributed by atoms with Gasteiger partial charge < -0.3 is 24.4 Å². The van der Waals surface area contributed by atoms with Crippen LogP contribution in [-0.2, 0) is 14.3 Å². The highest BCUT2D eigenvalue weighted by Crippen LogP contribution is 2.40. The number of rotatable bonds is 7. The molecule has 8 heteroatoms. The van der Waals surface area contributed by atoms with Crippen molar-refractivity contribution in [2.45, 2.75) is 6.04 Å². The third kappa shape index (κ3) is 4.38. The minimum absolute atomic E-state index is 0.0138. The lowest BCUT2D eigenvalue weighted by atomic mass is 9.95. The molecular weight excluding hydrogens is 420 g/mol. The average Bonchev–Trinajstić information content (AvgIpc) is 3.01. The van der Waals surface area contributed by atoms with E-state index in [1.165, 1.54) is 25.2 Å². The zero-order valence-electron chi connectivity index (χ0n) is 17.9. The maximum Gasteiger partial charge on any atom is 0.295 e. The minimum Gasteiger partial charge on any atom is -0.507 e. The zero-order chi connectivity index (χ0) is 22.7. The normalized spacial score (nSPS) is 17.8. The van der Waals surface area contributed by atoms with Crippen molar-refractivity contribution in [3.63, 3.8) is 0 Å². The van der Waals surface area contributed by atoms with Crippen LogP contribution in [0.1, 0.15) is 17.2 Å². The van der Waals surface area contributed by atoms with E-state index in [4.69, 9.17) is 21.1 Å². The van der Waals surface area contributed by atoms with E-state index in [9.17, 15) is 14.7 Å². The summed E-state index contributed by atoms with van der Waals surface area (Å²) < 4.78 is 10.3. The van der Waals surface area contributed by atoms with Crippen molar-refractivity contribution in [3.05, 3.63) is 64.2 Å². The van der Waals surface area contributed by atoms with Crippen molar-refractivity contribution in [2.75, 3.05) is 46.4 Å². The van der Waals surface area contributed by atoms with Crippen LogP contribution in [0, 0.1) is 0 Å². The molecule has 1 heterocycles. The Morgan fingerprint density at radius 1 is 1.13 bits per heavy atom. The second-order valence-corrected chi connectivity index (χ2v) is 7.73. The first-order valence-corrected chi connectivity index (χ1v) is 10.1. The molecule has 2 aromatic rings. The van der Waals surface area contributed by atoms with Crippen LogP contribution in [0.4, 0.5) is 5.69 Å². The summed E-state index contributed by atoms with van der Waals surface area (Å²) in [5, 5.41) is 11.3. The van der Waals surface area contributed by atoms with E-state index in [1.807, 2.05) is 43.3 Å². The molecule has 1 amide bonds. The second kappa shape index (κ2) is 9.41. The fourth-order valence-electron chi connectivity index (χ4n) is 3.57. The van der Waals surface area contributed by atoms with Crippen molar-refractivity contribution in [1.29, 1.82) is 0 Å².